The predicted octanol–water partition coefficient (Wildman–Crippen LogP) is 2.38. The minimum Gasteiger partial charge on any atom is -0.390 e. The Morgan fingerprint density at radius 3 is 2.37 bits per heavy atom. The predicted molar refractivity (Wildman–Crippen MR) is 138 cm³/mol. The van der Waals surface area contributed by atoms with Crippen molar-refractivity contribution in [2.75, 3.05) is 25.5 Å². The van der Waals surface area contributed by atoms with Gasteiger partial charge in [-0.15, -0.1) is 0 Å². The molecule has 35 heavy (non-hydrogen) atoms. The largest absolute Gasteiger partial charge is 0.390 e. The molecule has 0 spiro atoms. The highest BCUT2D eigenvalue weighted by Crippen LogP contribution is 2.26. The molecule has 0 fully saturated rings. The topological polar surface area (TPSA) is 149 Å². The maximum atomic E-state index is 13.6. The van der Waals surface area contributed by atoms with Gasteiger partial charge in [0, 0.05) is 36.4 Å². The standard InChI is InChI=1S/C24H28ClN5O4S/c1-15(24(32)28-2)30(14-21(31)13-29-20-8-4-16(5-9-20)23(26)27)35(33,34)22-10-6-17-11-19(25)7-3-18(17)12-22/h3-12,15,21,29,31H,13-14H2,1-2H3,(H3,26,27)(H,28,32). The highest BCUT2D eigenvalue weighted by Gasteiger charge is 2.34. The van der Waals surface area contributed by atoms with Crippen LogP contribution in [-0.4, -0.2) is 61.9 Å². The van der Waals surface area contributed by atoms with Crippen LogP contribution in [0, 0.1) is 5.41 Å². The van der Waals surface area contributed by atoms with Crippen molar-refractivity contribution >= 4 is 49.8 Å². The summed E-state index contributed by atoms with van der Waals surface area (Å²) in [5, 5.41) is 25.6. The van der Waals surface area contributed by atoms with E-state index >= 15 is 0 Å². The fraction of sp³-hybridized carbons (Fsp3) is 0.250. The summed E-state index contributed by atoms with van der Waals surface area (Å²) in [6.45, 7) is 1.19. The third kappa shape index (κ3) is 6.29. The number of likely N-dealkylation sites (N-methyl/N-ethyl adjacent to an activating group) is 1. The van der Waals surface area contributed by atoms with E-state index in [0.717, 1.165) is 9.69 Å². The molecule has 0 aliphatic carbocycles. The molecule has 3 aromatic carbocycles. The number of hydrogen-bond acceptors (Lipinski definition) is 6. The van der Waals surface area contributed by atoms with Crippen LogP contribution in [0.3, 0.4) is 0 Å². The molecule has 0 saturated heterocycles. The molecule has 0 radical (unpaired) electrons. The van der Waals surface area contributed by atoms with Gasteiger partial charge in [-0.1, -0.05) is 23.7 Å². The molecule has 2 atom stereocenters. The Hall–Kier alpha value is -3.18. The molecule has 3 rings (SSSR count). The zero-order valence-electron chi connectivity index (χ0n) is 19.3. The van der Waals surface area contributed by atoms with E-state index in [1.807, 2.05) is 0 Å². The van der Waals surface area contributed by atoms with Crippen LogP contribution < -0.4 is 16.4 Å². The van der Waals surface area contributed by atoms with Gasteiger partial charge in [-0.05, 0) is 66.2 Å². The monoisotopic (exact) mass is 517 g/mol. The Morgan fingerprint density at radius 1 is 1.11 bits per heavy atom. The number of aliphatic hydroxyl groups excluding tert-OH is 1. The highest BCUT2D eigenvalue weighted by atomic mass is 35.5. The molecule has 11 heteroatoms. The smallest absolute Gasteiger partial charge is 0.243 e. The molecule has 6 N–H and O–H groups in total. The summed E-state index contributed by atoms with van der Waals surface area (Å²) in [7, 11) is -2.71. The van der Waals surface area contributed by atoms with Crippen molar-refractivity contribution in [1.29, 1.82) is 5.41 Å². The molecule has 1 amide bonds. The van der Waals surface area contributed by atoms with E-state index in [2.05, 4.69) is 10.6 Å². The number of nitrogens with one attached hydrogen (secondary N) is 3. The summed E-state index contributed by atoms with van der Waals surface area (Å²) in [4.78, 5) is 12.4. The van der Waals surface area contributed by atoms with E-state index in [0.29, 0.717) is 21.7 Å². The van der Waals surface area contributed by atoms with Gasteiger partial charge in [0.2, 0.25) is 15.9 Å². The van der Waals surface area contributed by atoms with Gasteiger partial charge in [-0.2, -0.15) is 4.31 Å². The summed E-state index contributed by atoms with van der Waals surface area (Å²) in [5.41, 5.74) is 6.68. The molecule has 9 nitrogen and oxygen atoms in total. The Morgan fingerprint density at radius 2 is 1.74 bits per heavy atom. The number of carbonyl (C=O) groups is 1. The molecule has 0 heterocycles. The molecule has 2 unspecified atom stereocenters. The van der Waals surface area contributed by atoms with E-state index < -0.39 is 28.1 Å². The fourth-order valence-electron chi connectivity index (χ4n) is 3.57. The number of halogens is 1. The quantitative estimate of drug-likeness (QED) is 0.206. The van der Waals surface area contributed by atoms with Crippen LogP contribution in [0.2, 0.25) is 5.02 Å². The SMILES string of the molecule is CNC(=O)C(C)N(CC(O)CNc1ccc(C(=N)N)cc1)S(=O)(=O)c1ccc2cc(Cl)ccc2c1. The maximum absolute atomic E-state index is 13.6. The minimum absolute atomic E-state index is 0.00283. The summed E-state index contributed by atoms with van der Waals surface area (Å²) in [5.74, 6) is -0.557. The number of nitrogens with zero attached hydrogens (tertiary/aromatic N) is 1. The molecular formula is C24H28ClN5O4S. The van der Waals surface area contributed by atoms with Gasteiger partial charge in [0.05, 0.1) is 11.0 Å². The number of aliphatic hydroxyl groups is 1. The lowest BCUT2D eigenvalue weighted by atomic mass is 10.1. The molecule has 0 aromatic heterocycles. The van der Waals surface area contributed by atoms with Gasteiger partial charge in [-0.25, -0.2) is 8.42 Å². The van der Waals surface area contributed by atoms with Crippen LogP contribution in [0.4, 0.5) is 5.69 Å². The molecule has 0 saturated carbocycles. The summed E-state index contributed by atoms with van der Waals surface area (Å²) in [6.07, 6.45) is -1.12. The fourth-order valence-corrected chi connectivity index (χ4v) is 5.42. The lowest BCUT2D eigenvalue weighted by Crippen LogP contribution is -2.50. The van der Waals surface area contributed by atoms with Crippen LogP contribution in [0.1, 0.15) is 12.5 Å². The van der Waals surface area contributed by atoms with E-state index in [-0.39, 0.29) is 23.8 Å². The highest BCUT2D eigenvalue weighted by molar-refractivity contribution is 7.89. The molecular weight excluding hydrogens is 490 g/mol. The number of carbonyl (C=O) groups excluding carboxylic acids is 1. The summed E-state index contributed by atoms with van der Waals surface area (Å²) >= 11 is 6.02. The number of hydrogen-bond donors (Lipinski definition) is 5. The zero-order valence-corrected chi connectivity index (χ0v) is 20.9. The van der Waals surface area contributed by atoms with Gasteiger partial charge in [0.25, 0.3) is 0 Å². The van der Waals surface area contributed by atoms with E-state index in [1.54, 1.807) is 48.5 Å². The van der Waals surface area contributed by atoms with Crippen molar-refractivity contribution < 1.29 is 18.3 Å². The Balaban J connectivity index is 1.83. The van der Waals surface area contributed by atoms with Crippen molar-refractivity contribution in [2.45, 2.75) is 24.0 Å². The summed E-state index contributed by atoms with van der Waals surface area (Å²) < 4.78 is 28.1. The third-order valence-electron chi connectivity index (χ3n) is 5.57. The van der Waals surface area contributed by atoms with Gasteiger partial charge in [-0.3, -0.25) is 10.2 Å². The van der Waals surface area contributed by atoms with Crippen LogP contribution in [0.15, 0.2) is 65.6 Å². The number of benzene rings is 3. The second-order valence-electron chi connectivity index (χ2n) is 8.04. The number of nitrogen functional groups attached to an aromatic ring is 1. The first kappa shape index (κ1) is 26.4. The molecule has 0 aliphatic heterocycles. The number of amidine groups is 1. The second kappa shape index (κ2) is 11.0. The first-order valence-corrected chi connectivity index (χ1v) is 12.6. The second-order valence-corrected chi connectivity index (χ2v) is 10.4. The number of anilines is 1. The molecule has 186 valence electrons. The van der Waals surface area contributed by atoms with Crippen molar-refractivity contribution in [1.82, 2.24) is 9.62 Å². The molecule has 0 bridgehead atoms. The Kier molecular flexibility index (Phi) is 8.34. The Bertz CT molecular complexity index is 1330. The number of fused-ring (bicyclic) bond motifs is 1. The lowest BCUT2D eigenvalue weighted by Gasteiger charge is -2.29. The van der Waals surface area contributed by atoms with Crippen LogP contribution in [0.25, 0.3) is 10.8 Å². The third-order valence-corrected chi connectivity index (χ3v) is 7.73. The minimum atomic E-state index is -4.14. The normalized spacial score (nSPS) is 13.4. The maximum Gasteiger partial charge on any atom is 0.243 e. The van der Waals surface area contributed by atoms with Gasteiger partial charge in [0.15, 0.2) is 0 Å². The van der Waals surface area contributed by atoms with Crippen LogP contribution in [-0.2, 0) is 14.8 Å². The van der Waals surface area contributed by atoms with Crippen LogP contribution >= 0.6 is 11.6 Å². The van der Waals surface area contributed by atoms with Gasteiger partial charge >= 0.3 is 0 Å². The molecule has 0 aliphatic rings. The lowest BCUT2D eigenvalue weighted by molar-refractivity contribution is -0.124. The average Bonchev–Trinajstić information content (AvgIpc) is 2.84. The number of nitrogens with two attached hydrogens (primary N) is 1. The average molecular weight is 518 g/mol. The Labute approximate surface area is 209 Å². The van der Waals surface area contributed by atoms with Crippen molar-refractivity contribution in [3.63, 3.8) is 0 Å². The van der Waals surface area contributed by atoms with Gasteiger partial charge in [0.1, 0.15) is 11.9 Å². The van der Waals surface area contributed by atoms with E-state index in [1.165, 1.54) is 26.1 Å². The molecule has 3 aromatic rings. The number of rotatable bonds is 10. The van der Waals surface area contributed by atoms with Gasteiger partial charge < -0.3 is 21.5 Å². The number of amides is 1. The first-order chi connectivity index (χ1) is 16.5. The van der Waals surface area contributed by atoms with Crippen molar-refractivity contribution in [3.05, 3.63) is 71.2 Å². The van der Waals surface area contributed by atoms with Crippen molar-refractivity contribution in [3.8, 4) is 0 Å². The summed E-state index contributed by atoms with van der Waals surface area (Å²) in [6, 6.07) is 15.4. The zero-order chi connectivity index (χ0) is 25.8. The van der Waals surface area contributed by atoms with E-state index in [4.69, 9.17) is 22.7 Å². The number of sulfonamides is 1. The van der Waals surface area contributed by atoms with E-state index in [9.17, 15) is 18.3 Å². The van der Waals surface area contributed by atoms with Crippen LogP contribution in [0.5, 0.6) is 0 Å². The van der Waals surface area contributed by atoms with Crippen molar-refractivity contribution in [2.24, 2.45) is 5.73 Å². The first-order valence-electron chi connectivity index (χ1n) is 10.8.